The fourth-order valence-electron chi connectivity index (χ4n) is 3.81. The zero-order valence-electron chi connectivity index (χ0n) is 18.1. The van der Waals surface area contributed by atoms with Crippen molar-refractivity contribution in [3.05, 3.63) is 29.3 Å². The lowest BCUT2D eigenvalue weighted by molar-refractivity contribution is -0.136. The number of hydrogen-bond acceptors (Lipinski definition) is 7. The summed E-state index contributed by atoms with van der Waals surface area (Å²) in [5, 5.41) is 8.02. The lowest BCUT2D eigenvalue weighted by Crippen LogP contribution is -2.54. The minimum atomic E-state index is -1.05. The average Bonchev–Trinajstić information content (AvgIpc) is 3.02. The normalized spacial score (nSPS) is 17.9. The van der Waals surface area contributed by atoms with Gasteiger partial charge in [0.15, 0.2) is 6.61 Å². The molecule has 1 aromatic rings. The van der Waals surface area contributed by atoms with E-state index in [0.717, 1.165) is 37.1 Å². The van der Waals surface area contributed by atoms with Crippen LogP contribution in [0.1, 0.15) is 59.2 Å². The summed E-state index contributed by atoms with van der Waals surface area (Å²) in [7, 11) is 1.91. The Morgan fingerprint density at radius 2 is 1.84 bits per heavy atom. The number of imide groups is 2. The van der Waals surface area contributed by atoms with E-state index < -0.39 is 29.7 Å². The molecule has 1 saturated heterocycles. The molecule has 172 valence electrons. The van der Waals surface area contributed by atoms with Gasteiger partial charge < -0.3 is 15.4 Å². The van der Waals surface area contributed by atoms with E-state index in [4.69, 9.17) is 4.74 Å². The Morgan fingerprint density at radius 1 is 1.09 bits per heavy atom. The summed E-state index contributed by atoms with van der Waals surface area (Å²) in [6, 6.07) is 3.48. The van der Waals surface area contributed by atoms with Crippen molar-refractivity contribution in [3.8, 4) is 5.75 Å². The predicted molar refractivity (Wildman–Crippen MR) is 114 cm³/mol. The van der Waals surface area contributed by atoms with Gasteiger partial charge in [-0.3, -0.25) is 34.2 Å². The predicted octanol–water partition coefficient (Wildman–Crippen LogP) is 0.363. The van der Waals surface area contributed by atoms with Crippen LogP contribution in [0.15, 0.2) is 18.2 Å². The number of hydrogen-bond donors (Lipinski definition) is 3. The minimum absolute atomic E-state index is 0.0273. The van der Waals surface area contributed by atoms with Crippen LogP contribution in [0.3, 0.4) is 0 Å². The molecule has 2 aliphatic heterocycles. The number of amides is 5. The number of nitrogens with one attached hydrogen (secondary N) is 3. The van der Waals surface area contributed by atoms with Crippen LogP contribution < -0.4 is 20.7 Å². The molecule has 1 aromatic carbocycles. The largest absolute Gasteiger partial charge is 0.483 e. The standard InChI is InChI=1S/C22H28N4O6/c1-23-11-4-2-3-5-12-24-18(28)13-32-16-8-6-7-14-19(16)22(31)26(21(14)30)15-9-10-17(27)25-20(15)29/h6-8,15,23H,2-5,9-13H2,1H3,(H,24,28)(H,25,27,29). The van der Waals surface area contributed by atoms with Crippen molar-refractivity contribution in [2.45, 2.75) is 44.6 Å². The van der Waals surface area contributed by atoms with Crippen LogP contribution >= 0.6 is 0 Å². The molecule has 3 rings (SSSR count). The molecule has 1 fully saturated rings. The second-order valence-electron chi connectivity index (χ2n) is 7.78. The molecule has 10 heteroatoms. The summed E-state index contributed by atoms with van der Waals surface area (Å²) < 4.78 is 5.54. The summed E-state index contributed by atoms with van der Waals surface area (Å²) >= 11 is 0. The third-order valence-corrected chi connectivity index (χ3v) is 5.46. The molecule has 1 atom stereocenters. The molecule has 0 aromatic heterocycles. The van der Waals surface area contributed by atoms with Gasteiger partial charge in [0.25, 0.3) is 17.7 Å². The van der Waals surface area contributed by atoms with Crippen molar-refractivity contribution in [1.82, 2.24) is 20.9 Å². The molecule has 0 bridgehead atoms. The average molecular weight is 444 g/mol. The Balaban J connectivity index is 1.56. The van der Waals surface area contributed by atoms with Crippen molar-refractivity contribution < 1.29 is 28.7 Å². The maximum atomic E-state index is 13.0. The van der Waals surface area contributed by atoms with Crippen LogP contribution in [0, 0.1) is 0 Å². The van der Waals surface area contributed by atoms with Gasteiger partial charge in [0, 0.05) is 13.0 Å². The van der Waals surface area contributed by atoms with Gasteiger partial charge in [0.1, 0.15) is 11.8 Å². The van der Waals surface area contributed by atoms with E-state index in [-0.39, 0.29) is 42.2 Å². The Morgan fingerprint density at radius 3 is 2.56 bits per heavy atom. The maximum Gasteiger partial charge on any atom is 0.266 e. The number of fused-ring (bicyclic) bond motifs is 1. The number of carbonyl (C=O) groups excluding carboxylic acids is 5. The Bertz CT molecular complexity index is 916. The lowest BCUT2D eigenvalue weighted by Gasteiger charge is -2.27. The van der Waals surface area contributed by atoms with E-state index in [1.165, 1.54) is 12.1 Å². The first-order valence-corrected chi connectivity index (χ1v) is 10.8. The van der Waals surface area contributed by atoms with Crippen LogP contribution in [-0.4, -0.2) is 67.2 Å². The van der Waals surface area contributed by atoms with Gasteiger partial charge in [-0.2, -0.15) is 0 Å². The van der Waals surface area contributed by atoms with E-state index in [9.17, 15) is 24.0 Å². The number of ether oxygens (including phenoxy) is 1. The highest BCUT2D eigenvalue weighted by Crippen LogP contribution is 2.33. The highest BCUT2D eigenvalue weighted by molar-refractivity contribution is 6.24. The molecule has 0 spiro atoms. The van der Waals surface area contributed by atoms with Crippen molar-refractivity contribution >= 4 is 29.5 Å². The van der Waals surface area contributed by atoms with E-state index in [2.05, 4.69) is 16.0 Å². The van der Waals surface area contributed by atoms with Gasteiger partial charge >= 0.3 is 0 Å². The maximum absolute atomic E-state index is 13.0. The lowest BCUT2D eigenvalue weighted by atomic mass is 10.0. The van der Waals surface area contributed by atoms with Crippen molar-refractivity contribution in [2.75, 3.05) is 26.7 Å². The van der Waals surface area contributed by atoms with Crippen molar-refractivity contribution in [3.63, 3.8) is 0 Å². The van der Waals surface area contributed by atoms with Gasteiger partial charge in [0.2, 0.25) is 11.8 Å². The molecule has 32 heavy (non-hydrogen) atoms. The van der Waals surface area contributed by atoms with Gasteiger partial charge in [0.05, 0.1) is 11.1 Å². The molecule has 10 nitrogen and oxygen atoms in total. The first-order chi connectivity index (χ1) is 15.4. The number of rotatable bonds is 11. The van der Waals surface area contributed by atoms with Crippen LogP contribution in [0.25, 0.3) is 0 Å². The zero-order chi connectivity index (χ0) is 23.1. The number of unbranched alkanes of at least 4 members (excludes halogenated alkanes) is 3. The fourth-order valence-corrected chi connectivity index (χ4v) is 3.81. The summed E-state index contributed by atoms with van der Waals surface area (Å²) in [5.41, 5.74) is 0.138. The van der Waals surface area contributed by atoms with Crippen LogP contribution in [0.5, 0.6) is 5.75 Å². The third-order valence-electron chi connectivity index (χ3n) is 5.46. The molecule has 5 amide bonds. The molecule has 2 aliphatic rings. The zero-order valence-corrected chi connectivity index (χ0v) is 18.1. The second kappa shape index (κ2) is 10.9. The van der Waals surface area contributed by atoms with Gasteiger partial charge in [-0.15, -0.1) is 0 Å². The quantitative estimate of drug-likeness (QED) is 0.331. The molecule has 1 unspecified atom stereocenters. The van der Waals surface area contributed by atoms with E-state index >= 15 is 0 Å². The molecule has 0 saturated carbocycles. The van der Waals surface area contributed by atoms with Crippen LogP contribution in [0.4, 0.5) is 0 Å². The van der Waals surface area contributed by atoms with Crippen LogP contribution in [-0.2, 0) is 14.4 Å². The number of carbonyl (C=O) groups is 5. The topological polar surface area (TPSA) is 134 Å². The monoisotopic (exact) mass is 444 g/mol. The Labute approximate surface area is 186 Å². The Hall–Kier alpha value is -3.27. The highest BCUT2D eigenvalue weighted by Gasteiger charge is 2.46. The van der Waals surface area contributed by atoms with E-state index in [1.54, 1.807) is 6.07 Å². The number of piperidine rings is 1. The summed E-state index contributed by atoms with van der Waals surface area (Å²) in [6.45, 7) is 1.22. The molecule has 0 radical (unpaired) electrons. The summed E-state index contributed by atoms with van der Waals surface area (Å²) in [4.78, 5) is 62.3. The van der Waals surface area contributed by atoms with Crippen molar-refractivity contribution in [2.24, 2.45) is 0 Å². The van der Waals surface area contributed by atoms with Gasteiger partial charge in [-0.1, -0.05) is 18.9 Å². The molecular formula is C22H28N4O6. The Kier molecular flexibility index (Phi) is 7.93. The molecular weight excluding hydrogens is 416 g/mol. The number of nitrogens with zero attached hydrogens (tertiary/aromatic N) is 1. The first kappa shape index (κ1) is 23.4. The molecule has 2 heterocycles. The number of benzene rings is 1. The third kappa shape index (κ3) is 5.31. The summed E-state index contributed by atoms with van der Waals surface area (Å²) in [6.07, 6.45) is 4.18. The van der Waals surface area contributed by atoms with Gasteiger partial charge in [-0.05, 0) is 45.0 Å². The van der Waals surface area contributed by atoms with Crippen molar-refractivity contribution in [1.29, 1.82) is 0 Å². The first-order valence-electron chi connectivity index (χ1n) is 10.8. The minimum Gasteiger partial charge on any atom is -0.483 e. The second-order valence-corrected chi connectivity index (χ2v) is 7.78. The van der Waals surface area contributed by atoms with E-state index in [0.29, 0.717) is 6.54 Å². The van der Waals surface area contributed by atoms with Gasteiger partial charge in [-0.25, -0.2) is 0 Å². The summed E-state index contributed by atoms with van der Waals surface area (Å²) in [5.74, 6) is -2.61. The fraction of sp³-hybridized carbons (Fsp3) is 0.500. The highest BCUT2D eigenvalue weighted by atomic mass is 16.5. The SMILES string of the molecule is CNCCCCCCNC(=O)COc1cccc2c1C(=O)N(C1CCC(=O)NC1=O)C2=O. The smallest absolute Gasteiger partial charge is 0.266 e. The van der Waals surface area contributed by atoms with E-state index in [1.807, 2.05) is 7.05 Å². The molecule has 0 aliphatic carbocycles. The van der Waals surface area contributed by atoms with Crippen LogP contribution in [0.2, 0.25) is 0 Å². The molecule has 3 N–H and O–H groups in total.